The lowest BCUT2D eigenvalue weighted by Gasteiger charge is -2.10. The zero-order valence-electron chi connectivity index (χ0n) is 10.1. The Labute approximate surface area is 115 Å². The van der Waals surface area contributed by atoms with Crippen molar-refractivity contribution < 1.29 is 4.39 Å². The van der Waals surface area contributed by atoms with Gasteiger partial charge in [-0.25, -0.2) is 4.39 Å². The third kappa shape index (κ3) is 2.47. The lowest BCUT2D eigenvalue weighted by molar-refractivity contribution is 0.520. The molecule has 1 heterocycles. The van der Waals surface area contributed by atoms with Crippen LogP contribution in [0, 0.1) is 16.5 Å². The molecule has 96 valence electrons. The number of nitrogens with zero attached hydrogens (tertiary/aromatic N) is 2. The fourth-order valence-electron chi connectivity index (χ4n) is 1.75. The van der Waals surface area contributed by atoms with Crippen LogP contribution in [0.2, 0.25) is 5.02 Å². The summed E-state index contributed by atoms with van der Waals surface area (Å²) in [5.74, 6) is 0.414. The first-order valence-electron chi connectivity index (χ1n) is 5.60. The molecule has 0 unspecified atom stereocenters. The number of H-pyrrole nitrogens is 1. The molecule has 0 saturated heterocycles. The molecular formula is C12H13ClFN3S. The summed E-state index contributed by atoms with van der Waals surface area (Å²) in [5, 5.41) is 7.10. The summed E-state index contributed by atoms with van der Waals surface area (Å²) in [7, 11) is 0. The largest absolute Gasteiger partial charge is 0.300 e. The number of aromatic nitrogens is 3. The Morgan fingerprint density at radius 2 is 2.22 bits per heavy atom. The molecule has 3 nitrogen and oxygen atoms in total. The molecule has 0 aliphatic rings. The van der Waals surface area contributed by atoms with Crippen molar-refractivity contribution in [2.24, 2.45) is 5.92 Å². The van der Waals surface area contributed by atoms with E-state index in [0.717, 1.165) is 0 Å². The summed E-state index contributed by atoms with van der Waals surface area (Å²) in [4.78, 5) is 0. The summed E-state index contributed by atoms with van der Waals surface area (Å²) in [6.07, 6.45) is 0. The average Bonchev–Trinajstić information content (AvgIpc) is 2.61. The highest BCUT2D eigenvalue weighted by atomic mass is 35.5. The van der Waals surface area contributed by atoms with Crippen LogP contribution in [-0.4, -0.2) is 14.8 Å². The smallest absolute Gasteiger partial charge is 0.195 e. The van der Waals surface area contributed by atoms with Crippen LogP contribution in [0.4, 0.5) is 4.39 Å². The van der Waals surface area contributed by atoms with Gasteiger partial charge in [0.2, 0.25) is 0 Å². The zero-order chi connectivity index (χ0) is 13.3. The second-order valence-corrected chi connectivity index (χ2v) is 5.25. The molecule has 18 heavy (non-hydrogen) atoms. The van der Waals surface area contributed by atoms with Crippen molar-refractivity contribution in [3.8, 4) is 11.4 Å². The maximum absolute atomic E-state index is 13.9. The van der Waals surface area contributed by atoms with Crippen LogP contribution in [0.25, 0.3) is 11.4 Å². The van der Waals surface area contributed by atoms with Gasteiger partial charge in [-0.05, 0) is 30.3 Å². The standard InChI is InChI=1S/C12H13ClFN3S/c1-7(2)6-17-11(15-16-12(17)18)10-8(13)4-3-5-9(10)14/h3-5,7H,6H2,1-2H3,(H,16,18). The van der Waals surface area contributed by atoms with Crippen LogP contribution >= 0.6 is 23.8 Å². The molecule has 0 atom stereocenters. The number of hydrogen-bond donors (Lipinski definition) is 1. The van der Waals surface area contributed by atoms with Crippen molar-refractivity contribution in [1.82, 2.24) is 14.8 Å². The van der Waals surface area contributed by atoms with Crippen molar-refractivity contribution in [3.63, 3.8) is 0 Å². The van der Waals surface area contributed by atoms with Crippen LogP contribution in [-0.2, 0) is 6.54 Å². The predicted octanol–water partition coefficient (Wildman–Crippen LogP) is 4.06. The Bertz CT molecular complexity index is 598. The summed E-state index contributed by atoms with van der Waals surface area (Å²) in [6, 6.07) is 4.56. The van der Waals surface area contributed by atoms with Crippen LogP contribution in [0.15, 0.2) is 18.2 Å². The Hall–Kier alpha value is -1.20. The highest BCUT2D eigenvalue weighted by Crippen LogP contribution is 2.29. The summed E-state index contributed by atoms with van der Waals surface area (Å²) >= 11 is 11.2. The quantitative estimate of drug-likeness (QED) is 0.863. The monoisotopic (exact) mass is 285 g/mol. The third-order valence-corrected chi connectivity index (χ3v) is 3.12. The number of nitrogens with one attached hydrogen (secondary N) is 1. The van der Waals surface area contributed by atoms with E-state index in [2.05, 4.69) is 24.0 Å². The highest BCUT2D eigenvalue weighted by Gasteiger charge is 2.17. The lowest BCUT2D eigenvalue weighted by atomic mass is 10.1. The molecule has 2 aromatic rings. The molecule has 1 aromatic carbocycles. The Kier molecular flexibility index (Phi) is 3.82. The first-order valence-corrected chi connectivity index (χ1v) is 6.39. The second kappa shape index (κ2) is 5.20. The van der Waals surface area contributed by atoms with Crippen LogP contribution in [0.5, 0.6) is 0 Å². The normalized spacial score (nSPS) is 11.2. The minimum Gasteiger partial charge on any atom is -0.300 e. The lowest BCUT2D eigenvalue weighted by Crippen LogP contribution is -2.07. The minimum atomic E-state index is -0.401. The molecule has 0 spiro atoms. The molecule has 1 N–H and O–H groups in total. The molecule has 2 rings (SSSR count). The molecule has 0 bridgehead atoms. The van der Waals surface area contributed by atoms with Gasteiger partial charge >= 0.3 is 0 Å². The first-order chi connectivity index (χ1) is 8.50. The van der Waals surface area contributed by atoms with Crippen LogP contribution in [0.3, 0.4) is 0 Å². The van der Waals surface area contributed by atoms with Crippen molar-refractivity contribution >= 4 is 23.8 Å². The average molecular weight is 286 g/mol. The number of rotatable bonds is 3. The van der Waals surface area contributed by atoms with Crippen LogP contribution < -0.4 is 0 Å². The molecule has 0 amide bonds. The molecule has 6 heteroatoms. The van der Waals surface area contributed by atoms with Gasteiger partial charge in [0.05, 0.1) is 10.6 Å². The molecule has 0 aliphatic carbocycles. The zero-order valence-corrected chi connectivity index (χ0v) is 11.6. The minimum absolute atomic E-state index is 0.284. The van der Waals surface area contributed by atoms with E-state index in [4.69, 9.17) is 23.8 Å². The third-order valence-electron chi connectivity index (χ3n) is 2.49. The van der Waals surface area contributed by atoms with Gasteiger partial charge in [0.15, 0.2) is 10.6 Å². The van der Waals surface area contributed by atoms with Gasteiger partial charge in [-0.2, -0.15) is 5.10 Å². The van der Waals surface area contributed by atoms with Gasteiger partial charge in [-0.3, -0.25) is 9.67 Å². The number of halogens is 2. The number of hydrogen-bond acceptors (Lipinski definition) is 2. The second-order valence-electron chi connectivity index (χ2n) is 4.45. The Balaban J connectivity index is 2.61. The Morgan fingerprint density at radius 1 is 1.50 bits per heavy atom. The highest BCUT2D eigenvalue weighted by molar-refractivity contribution is 7.71. The summed E-state index contributed by atoms with van der Waals surface area (Å²) < 4.78 is 16.1. The van der Waals surface area contributed by atoms with E-state index in [-0.39, 0.29) is 5.56 Å². The SMILES string of the molecule is CC(C)Cn1c(-c2c(F)cccc2Cl)n[nH]c1=S. The first kappa shape index (κ1) is 13.2. The van der Waals surface area contributed by atoms with E-state index in [1.807, 2.05) is 0 Å². The van der Waals surface area contributed by atoms with Gasteiger partial charge in [0.1, 0.15) is 5.82 Å². The van der Waals surface area contributed by atoms with E-state index in [1.165, 1.54) is 6.07 Å². The topological polar surface area (TPSA) is 33.6 Å². The van der Waals surface area contributed by atoms with Crippen molar-refractivity contribution in [1.29, 1.82) is 0 Å². The maximum Gasteiger partial charge on any atom is 0.195 e. The van der Waals surface area contributed by atoms with E-state index >= 15 is 0 Å². The van der Waals surface area contributed by atoms with Gasteiger partial charge < -0.3 is 0 Å². The summed E-state index contributed by atoms with van der Waals surface area (Å²) in [6.45, 7) is 4.78. The molecular weight excluding hydrogens is 273 g/mol. The van der Waals surface area contributed by atoms with Gasteiger partial charge in [0, 0.05) is 6.54 Å². The van der Waals surface area contributed by atoms with E-state index in [1.54, 1.807) is 16.7 Å². The van der Waals surface area contributed by atoms with Gasteiger partial charge in [-0.1, -0.05) is 31.5 Å². The Morgan fingerprint density at radius 3 is 2.83 bits per heavy atom. The fraction of sp³-hybridized carbons (Fsp3) is 0.333. The summed E-state index contributed by atoms with van der Waals surface area (Å²) in [5.41, 5.74) is 0.284. The predicted molar refractivity (Wildman–Crippen MR) is 72.7 cm³/mol. The van der Waals surface area contributed by atoms with E-state index in [0.29, 0.717) is 28.1 Å². The number of benzene rings is 1. The molecule has 0 aliphatic heterocycles. The van der Waals surface area contributed by atoms with Crippen molar-refractivity contribution in [2.75, 3.05) is 0 Å². The molecule has 1 aromatic heterocycles. The molecule has 0 fully saturated rings. The van der Waals surface area contributed by atoms with Gasteiger partial charge in [0.25, 0.3) is 0 Å². The van der Waals surface area contributed by atoms with Crippen molar-refractivity contribution in [2.45, 2.75) is 20.4 Å². The maximum atomic E-state index is 13.9. The van der Waals surface area contributed by atoms with Gasteiger partial charge in [-0.15, -0.1) is 0 Å². The molecule has 0 radical (unpaired) electrons. The van der Waals surface area contributed by atoms with Crippen LogP contribution in [0.1, 0.15) is 13.8 Å². The van der Waals surface area contributed by atoms with E-state index in [9.17, 15) is 4.39 Å². The fourth-order valence-corrected chi connectivity index (χ4v) is 2.21. The number of aromatic amines is 1. The molecule has 0 saturated carbocycles. The van der Waals surface area contributed by atoms with E-state index < -0.39 is 5.82 Å². The van der Waals surface area contributed by atoms with Crippen molar-refractivity contribution in [3.05, 3.63) is 33.8 Å².